The van der Waals surface area contributed by atoms with Crippen molar-refractivity contribution in [3.05, 3.63) is 59.5 Å². The molecule has 4 rings (SSSR count). The summed E-state index contributed by atoms with van der Waals surface area (Å²) in [5, 5.41) is 0. The first-order chi connectivity index (χ1) is 15.3. The number of likely N-dealkylation sites (tertiary alicyclic amines) is 1. The summed E-state index contributed by atoms with van der Waals surface area (Å²) in [6, 6.07) is 10.7. The SMILES string of the molecule is COc1ccc(OC)c(N2C(=O)C(c3ccc(F)cc3)=C(N3CC(C)CC(C)C3)C2=O)c1. The third-order valence-electron chi connectivity index (χ3n) is 6.00. The van der Waals surface area contributed by atoms with E-state index in [1.165, 1.54) is 26.4 Å². The monoisotopic (exact) mass is 438 g/mol. The molecule has 2 aromatic rings. The van der Waals surface area contributed by atoms with E-state index in [0.717, 1.165) is 11.3 Å². The average Bonchev–Trinajstić information content (AvgIpc) is 3.03. The summed E-state index contributed by atoms with van der Waals surface area (Å²) >= 11 is 0. The second kappa shape index (κ2) is 8.65. The Balaban J connectivity index is 1.86. The van der Waals surface area contributed by atoms with Gasteiger partial charge in [0.15, 0.2) is 0 Å². The number of amides is 2. The fourth-order valence-electron chi connectivity index (χ4n) is 4.72. The van der Waals surface area contributed by atoms with Gasteiger partial charge in [-0.2, -0.15) is 0 Å². The van der Waals surface area contributed by atoms with Crippen LogP contribution in [0.25, 0.3) is 5.57 Å². The molecule has 0 N–H and O–H groups in total. The van der Waals surface area contributed by atoms with Gasteiger partial charge in [0, 0.05) is 19.2 Å². The van der Waals surface area contributed by atoms with Crippen molar-refractivity contribution in [2.75, 3.05) is 32.2 Å². The van der Waals surface area contributed by atoms with E-state index in [4.69, 9.17) is 9.47 Å². The molecule has 0 bridgehead atoms. The highest BCUT2D eigenvalue weighted by atomic mass is 19.1. The number of nitrogens with zero attached hydrogens (tertiary/aromatic N) is 2. The van der Waals surface area contributed by atoms with Crippen LogP contribution in [-0.2, 0) is 9.59 Å². The van der Waals surface area contributed by atoms with Crippen LogP contribution >= 0.6 is 0 Å². The standard InChI is InChI=1S/C25H27FN2O4/c1-15-11-16(2)14-27(13-15)23-22(17-5-7-18(26)8-6-17)24(29)28(25(23)30)20-12-19(31-3)9-10-21(20)32-4/h5-10,12,15-16H,11,13-14H2,1-4H3. The van der Waals surface area contributed by atoms with Crippen LogP contribution in [0.1, 0.15) is 25.8 Å². The van der Waals surface area contributed by atoms with E-state index in [1.807, 2.05) is 4.90 Å². The average molecular weight is 438 g/mol. The van der Waals surface area contributed by atoms with Crippen molar-refractivity contribution in [3.63, 3.8) is 0 Å². The molecular formula is C25H27FN2O4. The fraction of sp³-hybridized carbons (Fsp3) is 0.360. The zero-order valence-electron chi connectivity index (χ0n) is 18.7. The van der Waals surface area contributed by atoms with Gasteiger partial charge in [-0.15, -0.1) is 0 Å². The van der Waals surface area contributed by atoms with Gasteiger partial charge < -0.3 is 14.4 Å². The van der Waals surface area contributed by atoms with Crippen LogP contribution in [0.2, 0.25) is 0 Å². The van der Waals surface area contributed by atoms with Crippen LogP contribution in [0.3, 0.4) is 0 Å². The third-order valence-corrected chi connectivity index (χ3v) is 6.00. The summed E-state index contributed by atoms with van der Waals surface area (Å²) in [4.78, 5) is 30.6. The number of ether oxygens (including phenoxy) is 2. The number of imide groups is 1. The normalized spacial score (nSPS) is 21.4. The van der Waals surface area contributed by atoms with E-state index in [0.29, 0.717) is 53.4 Å². The predicted molar refractivity (Wildman–Crippen MR) is 120 cm³/mol. The van der Waals surface area contributed by atoms with Crippen molar-refractivity contribution >= 4 is 23.1 Å². The lowest BCUT2D eigenvalue weighted by Gasteiger charge is -2.37. The molecule has 6 nitrogen and oxygen atoms in total. The van der Waals surface area contributed by atoms with Gasteiger partial charge in [0.1, 0.15) is 23.0 Å². The highest BCUT2D eigenvalue weighted by Crippen LogP contribution is 2.41. The van der Waals surface area contributed by atoms with Crippen molar-refractivity contribution in [1.82, 2.24) is 4.90 Å². The molecule has 1 fully saturated rings. The molecule has 0 aromatic heterocycles. The van der Waals surface area contributed by atoms with Gasteiger partial charge in [0.2, 0.25) is 0 Å². The summed E-state index contributed by atoms with van der Waals surface area (Å²) in [7, 11) is 3.00. The van der Waals surface area contributed by atoms with E-state index in [9.17, 15) is 14.0 Å². The summed E-state index contributed by atoms with van der Waals surface area (Å²) in [6.45, 7) is 5.63. The maximum Gasteiger partial charge on any atom is 0.282 e. The Morgan fingerprint density at radius 2 is 1.56 bits per heavy atom. The van der Waals surface area contributed by atoms with Crippen molar-refractivity contribution in [2.45, 2.75) is 20.3 Å². The quantitative estimate of drug-likeness (QED) is 0.658. The van der Waals surface area contributed by atoms with Crippen LogP contribution in [0.4, 0.5) is 10.1 Å². The molecule has 0 aliphatic carbocycles. The Morgan fingerprint density at radius 1 is 0.906 bits per heavy atom. The molecule has 168 valence electrons. The number of piperidine rings is 1. The lowest BCUT2D eigenvalue weighted by atomic mass is 9.91. The van der Waals surface area contributed by atoms with Crippen LogP contribution in [0, 0.1) is 17.7 Å². The second-order valence-corrected chi connectivity index (χ2v) is 8.57. The number of benzene rings is 2. The van der Waals surface area contributed by atoms with Gasteiger partial charge in [-0.3, -0.25) is 9.59 Å². The molecule has 1 saturated heterocycles. The van der Waals surface area contributed by atoms with E-state index < -0.39 is 17.6 Å². The zero-order valence-corrected chi connectivity index (χ0v) is 18.7. The largest absolute Gasteiger partial charge is 0.497 e. The van der Waals surface area contributed by atoms with Gasteiger partial charge in [0.25, 0.3) is 11.8 Å². The minimum Gasteiger partial charge on any atom is -0.497 e. The lowest BCUT2D eigenvalue weighted by molar-refractivity contribution is -0.120. The molecule has 2 aromatic carbocycles. The molecule has 2 aliphatic rings. The minimum atomic E-state index is -0.464. The number of hydrogen-bond donors (Lipinski definition) is 0. The van der Waals surface area contributed by atoms with Gasteiger partial charge in [-0.05, 0) is 48.1 Å². The lowest BCUT2D eigenvalue weighted by Crippen LogP contribution is -2.42. The Hall–Kier alpha value is -3.35. The molecule has 2 unspecified atom stereocenters. The molecule has 7 heteroatoms. The van der Waals surface area contributed by atoms with Crippen molar-refractivity contribution in [1.29, 1.82) is 0 Å². The smallest absolute Gasteiger partial charge is 0.282 e. The predicted octanol–water partition coefficient (Wildman–Crippen LogP) is 4.11. The molecule has 0 spiro atoms. The Bertz CT molecular complexity index is 1070. The topological polar surface area (TPSA) is 59.1 Å². The number of rotatable bonds is 5. The third kappa shape index (κ3) is 3.83. The maximum absolute atomic E-state index is 13.8. The van der Waals surface area contributed by atoms with E-state index >= 15 is 0 Å². The van der Waals surface area contributed by atoms with E-state index in [1.54, 1.807) is 30.3 Å². The minimum absolute atomic E-state index is 0.279. The highest BCUT2D eigenvalue weighted by molar-refractivity contribution is 6.45. The maximum atomic E-state index is 13.8. The fourth-order valence-corrected chi connectivity index (χ4v) is 4.72. The molecule has 0 radical (unpaired) electrons. The number of halogens is 1. The second-order valence-electron chi connectivity index (χ2n) is 8.57. The summed E-state index contributed by atoms with van der Waals surface area (Å²) in [6.07, 6.45) is 1.06. The van der Waals surface area contributed by atoms with Crippen molar-refractivity contribution in [2.24, 2.45) is 11.8 Å². The van der Waals surface area contributed by atoms with Gasteiger partial charge in [-0.25, -0.2) is 9.29 Å². The molecule has 0 saturated carbocycles. The van der Waals surface area contributed by atoms with Crippen molar-refractivity contribution < 1.29 is 23.5 Å². The zero-order chi connectivity index (χ0) is 23.0. The number of hydrogen-bond acceptors (Lipinski definition) is 5. The van der Waals surface area contributed by atoms with Gasteiger partial charge in [0.05, 0.1) is 25.5 Å². The molecular weight excluding hydrogens is 411 g/mol. The number of carbonyl (C=O) groups is 2. The summed E-state index contributed by atoms with van der Waals surface area (Å²) in [5.74, 6) is 0.356. The molecule has 2 aliphatic heterocycles. The summed E-state index contributed by atoms with van der Waals surface area (Å²) < 4.78 is 24.4. The Labute approximate surface area is 187 Å². The molecule has 2 heterocycles. The van der Waals surface area contributed by atoms with Crippen LogP contribution < -0.4 is 14.4 Å². The molecule has 32 heavy (non-hydrogen) atoms. The van der Waals surface area contributed by atoms with Crippen LogP contribution in [0.15, 0.2) is 48.2 Å². The number of methoxy groups -OCH3 is 2. The van der Waals surface area contributed by atoms with Crippen LogP contribution in [-0.4, -0.2) is 44.0 Å². The Kier molecular flexibility index (Phi) is 5.91. The van der Waals surface area contributed by atoms with Crippen molar-refractivity contribution in [3.8, 4) is 11.5 Å². The first kappa shape index (κ1) is 21.9. The number of carbonyl (C=O) groups excluding carboxylic acids is 2. The molecule has 2 atom stereocenters. The van der Waals surface area contributed by atoms with Crippen LogP contribution in [0.5, 0.6) is 11.5 Å². The summed E-state index contributed by atoms with van der Waals surface area (Å²) in [5.41, 5.74) is 1.45. The van der Waals surface area contributed by atoms with Gasteiger partial charge >= 0.3 is 0 Å². The first-order valence-electron chi connectivity index (χ1n) is 10.7. The number of anilines is 1. The molecule has 2 amide bonds. The highest BCUT2D eigenvalue weighted by Gasteiger charge is 2.44. The Morgan fingerprint density at radius 3 is 2.16 bits per heavy atom. The van der Waals surface area contributed by atoms with Gasteiger partial charge in [-0.1, -0.05) is 26.0 Å². The van der Waals surface area contributed by atoms with E-state index in [2.05, 4.69) is 13.8 Å². The van der Waals surface area contributed by atoms with E-state index in [-0.39, 0.29) is 5.57 Å². The first-order valence-corrected chi connectivity index (χ1v) is 10.7.